The normalized spacial score (nSPS) is 12.8. The second-order valence-corrected chi connectivity index (χ2v) is 11.2. The molecule has 7 heteroatoms. The van der Waals surface area contributed by atoms with Gasteiger partial charge < -0.3 is 10.9 Å². The van der Waals surface area contributed by atoms with Crippen molar-refractivity contribution < 1.29 is 34.6 Å². The Labute approximate surface area is 243 Å². The zero-order valence-corrected chi connectivity index (χ0v) is 25.2. The SMILES string of the molecule is CCCCC(CC)COc1ccc(PC(=O)c2c(Cl)cccc2Cl)c(OCC(CC)CCCC)c1.[H-].[Li+]. The molecule has 3 unspecified atom stereocenters. The summed E-state index contributed by atoms with van der Waals surface area (Å²) in [5, 5.41) is 1.60. The van der Waals surface area contributed by atoms with E-state index in [-0.39, 0.29) is 34.4 Å². The molecule has 0 amide bonds. The molecule has 0 spiro atoms. The quantitative estimate of drug-likeness (QED) is 0.169. The molecule has 0 bridgehead atoms. The first kappa shape index (κ1) is 33.3. The Morgan fingerprint density at radius 3 is 1.97 bits per heavy atom. The van der Waals surface area contributed by atoms with Gasteiger partial charge in [0.15, 0.2) is 5.52 Å². The van der Waals surface area contributed by atoms with Gasteiger partial charge in [0.25, 0.3) is 0 Å². The zero-order chi connectivity index (χ0) is 25.6. The van der Waals surface area contributed by atoms with Gasteiger partial charge in [0, 0.05) is 11.4 Å². The largest absolute Gasteiger partial charge is 1.00 e. The van der Waals surface area contributed by atoms with Crippen LogP contribution in [0.4, 0.5) is 0 Å². The molecular weight excluding hydrogens is 505 g/mol. The van der Waals surface area contributed by atoms with E-state index in [1.165, 1.54) is 32.1 Å². The van der Waals surface area contributed by atoms with Crippen LogP contribution in [0.1, 0.15) is 90.8 Å². The third kappa shape index (κ3) is 11.0. The molecule has 2 aromatic carbocycles. The minimum absolute atomic E-state index is 0. The standard InChI is InChI=1S/C29H41Cl2O3P.Li.H/c1-5-9-12-21(7-3)19-33-23-16-17-27(26(18-23)34-20-22(8-4)13-10-6-2)35-29(32)28-24(30)14-11-15-25(28)31;;/h11,14-18,21-22,35H,5-10,12-13,19-20H2,1-4H3;;/q;+1;-1. The molecule has 0 radical (unpaired) electrons. The first-order valence-electron chi connectivity index (χ1n) is 13.1. The summed E-state index contributed by atoms with van der Waals surface area (Å²) in [7, 11) is -0.142. The molecule has 0 aromatic heterocycles. The Kier molecular flexibility index (Phi) is 17.2. The fourth-order valence-corrected chi connectivity index (χ4v) is 5.73. The Balaban J connectivity index is 0.00000648. The Morgan fingerprint density at radius 1 is 0.889 bits per heavy atom. The number of rotatable bonds is 17. The summed E-state index contributed by atoms with van der Waals surface area (Å²) in [5.74, 6) is 2.54. The fraction of sp³-hybridized carbons (Fsp3) is 0.552. The van der Waals surface area contributed by atoms with Gasteiger partial charge in [0.05, 0.1) is 28.8 Å². The number of halogens is 2. The number of carbonyl (C=O) groups excluding carboxylic acids is 1. The van der Waals surface area contributed by atoms with Crippen LogP contribution in [0, 0.1) is 11.8 Å². The minimum Gasteiger partial charge on any atom is -1.00 e. The van der Waals surface area contributed by atoms with Crippen molar-refractivity contribution in [3.63, 3.8) is 0 Å². The van der Waals surface area contributed by atoms with Gasteiger partial charge in [-0.05, 0) is 57.5 Å². The van der Waals surface area contributed by atoms with E-state index in [0.717, 1.165) is 30.3 Å². The molecule has 0 aliphatic rings. The van der Waals surface area contributed by atoms with Gasteiger partial charge in [-0.2, -0.15) is 0 Å². The molecule has 3 nitrogen and oxygen atoms in total. The van der Waals surface area contributed by atoms with E-state index in [1.54, 1.807) is 18.2 Å². The third-order valence-electron chi connectivity index (χ3n) is 6.44. The molecular formula is C29H42Cl2LiO3P. The Hall–Kier alpha value is -0.683. The van der Waals surface area contributed by atoms with Gasteiger partial charge in [0.2, 0.25) is 0 Å². The van der Waals surface area contributed by atoms with Crippen LogP contribution >= 0.6 is 31.8 Å². The molecule has 3 atom stereocenters. The van der Waals surface area contributed by atoms with E-state index in [1.807, 2.05) is 18.2 Å². The molecule has 0 saturated carbocycles. The Morgan fingerprint density at radius 2 is 1.44 bits per heavy atom. The monoisotopic (exact) mass is 546 g/mol. The van der Waals surface area contributed by atoms with Crippen LogP contribution in [-0.2, 0) is 0 Å². The van der Waals surface area contributed by atoms with Crippen molar-refractivity contribution in [2.45, 2.75) is 79.1 Å². The molecule has 0 saturated heterocycles. The summed E-state index contributed by atoms with van der Waals surface area (Å²) in [5.41, 5.74) is 0.277. The maximum atomic E-state index is 13.1. The van der Waals surface area contributed by atoms with Crippen molar-refractivity contribution in [1.29, 1.82) is 0 Å². The van der Waals surface area contributed by atoms with E-state index in [0.29, 0.717) is 46.4 Å². The molecule has 2 rings (SSSR count). The number of hydrogen-bond donors (Lipinski definition) is 0. The van der Waals surface area contributed by atoms with Crippen LogP contribution < -0.4 is 33.6 Å². The van der Waals surface area contributed by atoms with Crippen LogP contribution in [0.2, 0.25) is 10.0 Å². The first-order valence-corrected chi connectivity index (χ1v) is 14.8. The summed E-state index contributed by atoms with van der Waals surface area (Å²) in [6.07, 6.45) is 9.28. The molecule has 0 N–H and O–H groups in total. The van der Waals surface area contributed by atoms with Crippen LogP contribution in [0.25, 0.3) is 0 Å². The molecule has 0 heterocycles. The van der Waals surface area contributed by atoms with Crippen LogP contribution in [0.3, 0.4) is 0 Å². The van der Waals surface area contributed by atoms with Crippen molar-refractivity contribution in [2.75, 3.05) is 13.2 Å². The van der Waals surface area contributed by atoms with Crippen molar-refractivity contribution >= 4 is 42.6 Å². The Bertz CT molecular complexity index is 912. The van der Waals surface area contributed by atoms with E-state index in [9.17, 15) is 4.79 Å². The maximum Gasteiger partial charge on any atom is 1.00 e. The molecule has 0 fully saturated rings. The van der Waals surface area contributed by atoms with Gasteiger partial charge in [-0.15, -0.1) is 0 Å². The van der Waals surface area contributed by atoms with Crippen molar-refractivity contribution in [3.05, 3.63) is 52.0 Å². The first-order chi connectivity index (χ1) is 16.9. The molecule has 0 aliphatic carbocycles. The number of unbranched alkanes of at least 4 members (excludes halogenated alkanes) is 2. The number of benzene rings is 2. The smallest absolute Gasteiger partial charge is 1.00 e. The molecule has 0 aliphatic heterocycles. The van der Waals surface area contributed by atoms with E-state index < -0.39 is 0 Å². The zero-order valence-electron chi connectivity index (χ0n) is 23.7. The van der Waals surface area contributed by atoms with Crippen LogP contribution in [-0.4, -0.2) is 18.7 Å². The maximum absolute atomic E-state index is 13.1. The summed E-state index contributed by atoms with van der Waals surface area (Å²) >= 11 is 12.6. The van der Waals surface area contributed by atoms with E-state index in [4.69, 9.17) is 32.7 Å². The van der Waals surface area contributed by atoms with E-state index in [2.05, 4.69) is 27.7 Å². The van der Waals surface area contributed by atoms with Gasteiger partial charge >= 0.3 is 18.9 Å². The number of ether oxygens (including phenoxy) is 2. The number of carbonyl (C=O) groups is 1. The molecule has 36 heavy (non-hydrogen) atoms. The van der Waals surface area contributed by atoms with Crippen LogP contribution in [0.5, 0.6) is 11.5 Å². The summed E-state index contributed by atoms with van der Waals surface area (Å²) < 4.78 is 12.5. The van der Waals surface area contributed by atoms with Gasteiger partial charge in [0.1, 0.15) is 11.5 Å². The fourth-order valence-electron chi connectivity index (χ4n) is 3.93. The predicted octanol–water partition coefficient (Wildman–Crippen LogP) is 6.44. The summed E-state index contributed by atoms with van der Waals surface area (Å²) in [6, 6.07) is 11.0. The van der Waals surface area contributed by atoms with Gasteiger partial charge in [-0.3, -0.25) is 4.79 Å². The average Bonchev–Trinajstić information content (AvgIpc) is 2.85. The predicted molar refractivity (Wildman–Crippen MR) is 154 cm³/mol. The van der Waals surface area contributed by atoms with Gasteiger partial charge in [-0.25, -0.2) is 0 Å². The second-order valence-electron chi connectivity index (χ2n) is 9.16. The van der Waals surface area contributed by atoms with Crippen molar-refractivity contribution in [3.8, 4) is 11.5 Å². The van der Waals surface area contributed by atoms with Gasteiger partial charge in [-0.1, -0.05) is 95.5 Å². The summed E-state index contributed by atoms with van der Waals surface area (Å²) in [6.45, 7) is 10.2. The number of hydrogen-bond acceptors (Lipinski definition) is 3. The molecule has 196 valence electrons. The topological polar surface area (TPSA) is 35.5 Å². The third-order valence-corrected chi connectivity index (χ3v) is 8.23. The summed E-state index contributed by atoms with van der Waals surface area (Å²) in [4.78, 5) is 13.1. The second kappa shape index (κ2) is 18.5. The average molecular weight is 547 g/mol. The van der Waals surface area contributed by atoms with Crippen molar-refractivity contribution in [2.24, 2.45) is 11.8 Å². The minimum atomic E-state index is -0.142. The van der Waals surface area contributed by atoms with Crippen molar-refractivity contribution in [1.82, 2.24) is 0 Å². The molecule has 2 aromatic rings. The van der Waals surface area contributed by atoms with Crippen LogP contribution in [0.15, 0.2) is 36.4 Å². The van der Waals surface area contributed by atoms with E-state index >= 15 is 0 Å².